The van der Waals surface area contributed by atoms with Gasteiger partial charge in [-0.3, -0.25) is 9.69 Å². The lowest BCUT2D eigenvalue weighted by Gasteiger charge is -2.27. The quantitative estimate of drug-likeness (QED) is 0.0330. The second-order valence-corrected chi connectivity index (χ2v) is 14.0. The molecule has 0 amide bonds. The lowest BCUT2D eigenvalue weighted by molar-refractivity contribution is -0.138. The van der Waals surface area contributed by atoms with Crippen molar-refractivity contribution >= 4 is 18.0 Å². The molecule has 0 aliphatic rings. The van der Waals surface area contributed by atoms with Crippen LogP contribution in [0.5, 0.6) is 17.2 Å². The molecule has 0 bridgehead atoms. The van der Waals surface area contributed by atoms with Gasteiger partial charge in [0, 0.05) is 32.1 Å². The van der Waals surface area contributed by atoms with Gasteiger partial charge in [-0.1, -0.05) is 90.9 Å². The first kappa shape index (κ1) is 46.4. The summed E-state index contributed by atoms with van der Waals surface area (Å²) in [5.74, 6) is -0.0434. The van der Waals surface area contributed by atoms with Crippen molar-refractivity contribution in [2.24, 2.45) is 0 Å². The molecule has 10 heteroatoms. The average Bonchev–Trinajstić information content (AvgIpc) is 3.10. The maximum atomic E-state index is 12.9. The number of aliphatic hydroxyl groups excluding tert-OH is 2. The number of esters is 2. The Kier molecular flexibility index (Phi) is 27.2. The van der Waals surface area contributed by atoms with Crippen molar-refractivity contribution in [2.75, 3.05) is 61.1 Å². The maximum Gasteiger partial charge on any atom is 0.330 e. The number of carbonyl (C=O) groups is 2. The molecule has 10 nitrogen and oxygen atoms in total. The highest BCUT2D eigenvalue weighted by Gasteiger charge is 2.19. The summed E-state index contributed by atoms with van der Waals surface area (Å²) in [6.07, 6.45) is 20.1. The number of unbranched alkanes of at least 4 members (excludes halogenated alkanes) is 11. The van der Waals surface area contributed by atoms with Gasteiger partial charge in [0.25, 0.3) is 0 Å². The minimum absolute atomic E-state index is 0.186. The van der Waals surface area contributed by atoms with Crippen molar-refractivity contribution in [1.82, 2.24) is 9.80 Å². The number of hydrogen-bond donors (Lipinski definition) is 2. The Morgan fingerprint density at radius 3 is 1.76 bits per heavy atom. The van der Waals surface area contributed by atoms with Gasteiger partial charge in [0.2, 0.25) is 5.75 Å². The Morgan fingerprint density at radius 2 is 1.25 bits per heavy atom. The maximum absolute atomic E-state index is 12.9. The number of ether oxygens (including phenoxy) is 4. The Balaban J connectivity index is 2.70. The second kappa shape index (κ2) is 29.9. The van der Waals surface area contributed by atoms with Crippen LogP contribution in [0.15, 0.2) is 18.2 Å². The van der Waals surface area contributed by atoms with Crippen LogP contribution in [0.1, 0.15) is 135 Å². The van der Waals surface area contributed by atoms with E-state index in [2.05, 4.69) is 18.7 Å². The molecule has 0 spiro atoms. The molecule has 2 N–H and O–H groups in total. The predicted molar refractivity (Wildman–Crippen MR) is 207 cm³/mol. The van der Waals surface area contributed by atoms with Gasteiger partial charge in [-0.05, 0) is 76.5 Å². The first-order valence-corrected chi connectivity index (χ1v) is 19.7. The molecule has 0 aliphatic heterocycles. The van der Waals surface area contributed by atoms with E-state index in [0.717, 1.165) is 57.9 Å². The van der Waals surface area contributed by atoms with Crippen LogP contribution in [0.25, 0.3) is 6.08 Å². The van der Waals surface area contributed by atoms with E-state index in [1.165, 1.54) is 71.7 Å². The molecule has 1 aromatic carbocycles. The fourth-order valence-electron chi connectivity index (χ4n) is 5.99. The molecule has 0 saturated carbocycles. The lowest BCUT2D eigenvalue weighted by atomic mass is 10.1. The van der Waals surface area contributed by atoms with Crippen molar-refractivity contribution < 1.29 is 38.7 Å². The first-order valence-electron chi connectivity index (χ1n) is 19.7. The summed E-state index contributed by atoms with van der Waals surface area (Å²) in [6, 6.07) is 3.34. The molecule has 0 radical (unpaired) electrons. The Hall–Kier alpha value is -2.66. The van der Waals surface area contributed by atoms with Gasteiger partial charge in [-0.2, -0.15) is 0 Å². The van der Waals surface area contributed by atoms with Crippen LogP contribution in [0.4, 0.5) is 0 Å². The molecular weight excluding hydrogens is 648 g/mol. The Bertz CT molecular complexity index is 1030. The molecule has 2 atom stereocenters. The molecular formula is C41H72N2O8. The number of nitrogens with zero attached hydrogens (tertiary/aromatic N) is 2. The van der Waals surface area contributed by atoms with Crippen LogP contribution in [0.2, 0.25) is 0 Å². The molecule has 0 heterocycles. The summed E-state index contributed by atoms with van der Waals surface area (Å²) in [7, 11) is 6.90. The molecule has 51 heavy (non-hydrogen) atoms. The number of hydrogen-bond acceptors (Lipinski definition) is 10. The highest BCUT2D eigenvalue weighted by molar-refractivity contribution is 5.87. The van der Waals surface area contributed by atoms with Gasteiger partial charge in [0.15, 0.2) is 11.5 Å². The van der Waals surface area contributed by atoms with Crippen molar-refractivity contribution in [3.8, 4) is 17.2 Å². The van der Waals surface area contributed by atoms with E-state index in [1.807, 2.05) is 19.0 Å². The number of carbonyl (C=O) groups excluding carboxylic acids is 2. The van der Waals surface area contributed by atoms with E-state index in [1.54, 1.807) is 18.2 Å². The molecule has 1 aromatic rings. The summed E-state index contributed by atoms with van der Waals surface area (Å²) in [4.78, 5) is 29.3. The van der Waals surface area contributed by atoms with Gasteiger partial charge in [0.05, 0.1) is 33.0 Å². The fraction of sp³-hybridized carbons (Fsp3) is 0.756. The zero-order valence-corrected chi connectivity index (χ0v) is 33.0. The fourth-order valence-corrected chi connectivity index (χ4v) is 5.99. The van der Waals surface area contributed by atoms with Crippen LogP contribution in [0, 0.1) is 0 Å². The van der Waals surface area contributed by atoms with E-state index in [4.69, 9.17) is 18.9 Å². The number of benzene rings is 1. The van der Waals surface area contributed by atoms with Gasteiger partial charge < -0.3 is 34.1 Å². The van der Waals surface area contributed by atoms with E-state index >= 15 is 0 Å². The zero-order valence-electron chi connectivity index (χ0n) is 33.0. The third kappa shape index (κ3) is 23.5. The average molecular weight is 721 g/mol. The highest BCUT2D eigenvalue weighted by Crippen LogP contribution is 2.39. The molecule has 1 rings (SSSR count). The summed E-state index contributed by atoms with van der Waals surface area (Å²) >= 11 is 0. The lowest BCUT2D eigenvalue weighted by Crippen LogP contribution is -2.38. The predicted octanol–water partition coefficient (Wildman–Crippen LogP) is 7.81. The van der Waals surface area contributed by atoms with Gasteiger partial charge in [0.1, 0.15) is 0 Å². The molecule has 0 aromatic heterocycles. The molecule has 294 valence electrons. The minimum Gasteiger partial charge on any atom is -0.493 e. The summed E-state index contributed by atoms with van der Waals surface area (Å²) in [6.45, 7) is 7.33. The standard InChI is InChI=1S/C41H72N2O8/c1-7-9-11-13-15-17-22-35(44)32-43(33-36(45)23-18-16-14-12-10-8-2)28-20-19-24-40(47)51-41-37(48-5)30-34(31-38(41)49-6)25-26-39(46)50-29-21-27-42(3)4/h25-26,30-31,35-36,44-45H,7-24,27-29,32-33H2,1-6H3/b26-25+. The summed E-state index contributed by atoms with van der Waals surface area (Å²) in [5.41, 5.74) is 0.631. The number of aliphatic hydroxyl groups is 2. The Labute approximate surface area is 309 Å². The zero-order chi connectivity index (χ0) is 37.7. The minimum atomic E-state index is -0.444. The monoisotopic (exact) mass is 721 g/mol. The summed E-state index contributed by atoms with van der Waals surface area (Å²) in [5, 5.41) is 21.7. The van der Waals surface area contributed by atoms with Crippen LogP contribution < -0.4 is 14.2 Å². The van der Waals surface area contributed by atoms with E-state index < -0.39 is 24.1 Å². The van der Waals surface area contributed by atoms with Crippen LogP contribution >= 0.6 is 0 Å². The molecule has 0 saturated heterocycles. The third-order valence-corrected chi connectivity index (χ3v) is 8.93. The first-order chi connectivity index (χ1) is 24.6. The Morgan fingerprint density at radius 1 is 0.725 bits per heavy atom. The third-order valence-electron chi connectivity index (χ3n) is 8.93. The SMILES string of the molecule is CCCCCCCCC(O)CN(CCCCC(=O)Oc1c(OC)cc(/C=C/C(=O)OCCCN(C)C)cc1OC)CC(O)CCCCCCCC. The van der Waals surface area contributed by atoms with Crippen molar-refractivity contribution in [2.45, 2.75) is 142 Å². The molecule has 2 unspecified atom stereocenters. The largest absolute Gasteiger partial charge is 0.493 e. The van der Waals surface area contributed by atoms with Crippen LogP contribution in [-0.2, 0) is 14.3 Å². The highest BCUT2D eigenvalue weighted by atomic mass is 16.6. The van der Waals surface area contributed by atoms with Gasteiger partial charge in [-0.25, -0.2) is 4.79 Å². The van der Waals surface area contributed by atoms with Crippen LogP contribution in [0.3, 0.4) is 0 Å². The topological polar surface area (TPSA) is 118 Å². The van der Waals surface area contributed by atoms with Crippen LogP contribution in [-0.4, -0.2) is 105 Å². The van der Waals surface area contributed by atoms with Crippen molar-refractivity contribution in [3.63, 3.8) is 0 Å². The van der Waals surface area contributed by atoms with Gasteiger partial charge in [-0.15, -0.1) is 0 Å². The number of methoxy groups -OCH3 is 2. The van der Waals surface area contributed by atoms with Crippen molar-refractivity contribution in [3.05, 3.63) is 23.8 Å². The smallest absolute Gasteiger partial charge is 0.330 e. The normalized spacial score (nSPS) is 12.8. The number of rotatable bonds is 32. The summed E-state index contributed by atoms with van der Waals surface area (Å²) < 4.78 is 22.0. The van der Waals surface area contributed by atoms with E-state index in [0.29, 0.717) is 49.7 Å². The van der Waals surface area contributed by atoms with E-state index in [-0.39, 0.29) is 12.2 Å². The van der Waals surface area contributed by atoms with E-state index in [9.17, 15) is 19.8 Å². The second-order valence-electron chi connectivity index (χ2n) is 14.0. The van der Waals surface area contributed by atoms with Crippen molar-refractivity contribution in [1.29, 1.82) is 0 Å². The molecule has 0 fully saturated rings. The molecule has 0 aliphatic carbocycles. The van der Waals surface area contributed by atoms with Gasteiger partial charge >= 0.3 is 11.9 Å².